The van der Waals surface area contributed by atoms with Gasteiger partial charge in [0.1, 0.15) is 0 Å². The molecule has 0 spiro atoms. The largest absolute Gasteiger partial charge is 0.0654 e. The third kappa shape index (κ3) is 3.53. The van der Waals surface area contributed by atoms with E-state index in [1.54, 1.807) is 5.56 Å². The van der Waals surface area contributed by atoms with Crippen LogP contribution in [-0.4, -0.2) is 0 Å². The molecule has 1 radical (unpaired) electrons. The first-order chi connectivity index (χ1) is 6.88. The van der Waals surface area contributed by atoms with E-state index in [4.69, 9.17) is 0 Å². The van der Waals surface area contributed by atoms with E-state index in [2.05, 4.69) is 38.1 Å². The van der Waals surface area contributed by atoms with Gasteiger partial charge in [-0.15, -0.1) is 0 Å². The topological polar surface area (TPSA) is 0 Å². The van der Waals surface area contributed by atoms with Crippen LogP contribution in [0.3, 0.4) is 0 Å². The van der Waals surface area contributed by atoms with Crippen molar-refractivity contribution in [3.05, 3.63) is 42.3 Å². The maximum Gasteiger partial charge on any atom is -0.0276 e. The Kier molecular flexibility index (Phi) is 5.36. The first kappa shape index (κ1) is 11.3. The van der Waals surface area contributed by atoms with Gasteiger partial charge >= 0.3 is 0 Å². The highest BCUT2D eigenvalue weighted by Gasteiger charge is 1.99. The molecule has 0 saturated carbocycles. The molecule has 0 bridgehead atoms. The van der Waals surface area contributed by atoms with Gasteiger partial charge in [-0.25, -0.2) is 0 Å². The van der Waals surface area contributed by atoms with Crippen LogP contribution in [0, 0.1) is 6.92 Å². The molecule has 0 aromatic heterocycles. The summed E-state index contributed by atoms with van der Waals surface area (Å²) in [7, 11) is 0. The van der Waals surface area contributed by atoms with E-state index in [1.165, 1.54) is 37.7 Å². The molecule has 0 nitrogen and oxygen atoms in total. The monoisotopic (exact) mass is 189 g/mol. The van der Waals surface area contributed by atoms with E-state index in [9.17, 15) is 0 Å². The van der Waals surface area contributed by atoms with Crippen molar-refractivity contribution < 1.29 is 0 Å². The summed E-state index contributed by atoms with van der Waals surface area (Å²) in [5.41, 5.74) is 3.08. The quantitative estimate of drug-likeness (QED) is 0.629. The van der Waals surface area contributed by atoms with Crippen LogP contribution in [-0.2, 0) is 12.8 Å². The summed E-state index contributed by atoms with van der Waals surface area (Å²) in [6.07, 6.45) is 7.28. The summed E-state index contributed by atoms with van der Waals surface area (Å²) < 4.78 is 0. The summed E-state index contributed by atoms with van der Waals surface area (Å²) in [5.74, 6) is 0. The molecular formula is C14H21. The normalized spacial score (nSPS) is 10.4. The number of rotatable bonds is 6. The van der Waals surface area contributed by atoms with Gasteiger partial charge in [-0.3, -0.25) is 0 Å². The highest BCUT2D eigenvalue weighted by atomic mass is 14.1. The lowest BCUT2D eigenvalue weighted by atomic mass is 9.98. The lowest BCUT2D eigenvalue weighted by Gasteiger charge is -2.07. The van der Waals surface area contributed by atoms with E-state index in [0.29, 0.717) is 0 Å². The van der Waals surface area contributed by atoms with E-state index < -0.39 is 0 Å². The zero-order valence-electron chi connectivity index (χ0n) is 9.26. The van der Waals surface area contributed by atoms with Crippen LogP contribution in [0.25, 0.3) is 0 Å². The Balaban J connectivity index is 2.60. The van der Waals surface area contributed by atoms with E-state index in [0.717, 1.165) is 6.42 Å². The number of hydrogen-bond donors (Lipinski definition) is 0. The van der Waals surface area contributed by atoms with Gasteiger partial charge in [-0.05, 0) is 36.8 Å². The van der Waals surface area contributed by atoms with Gasteiger partial charge in [0.25, 0.3) is 0 Å². The standard InChI is InChI=1S/C14H21/c1-3-5-9-13-11-7-8-12-14(13)10-6-4-2/h7-8,11-12H,1,3-6,9-10H2,2H3. The number of aryl methyl sites for hydroxylation is 2. The smallest absolute Gasteiger partial charge is 0.0276 e. The van der Waals surface area contributed by atoms with Gasteiger partial charge in [0.15, 0.2) is 0 Å². The third-order valence-electron chi connectivity index (χ3n) is 2.61. The Hall–Kier alpha value is -0.780. The van der Waals surface area contributed by atoms with Gasteiger partial charge in [-0.2, -0.15) is 0 Å². The van der Waals surface area contributed by atoms with Crippen molar-refractivity contribution in [2.45, 2.75) is 45.4 Å². The van der Waals surface area contributed by atoms with E-state index in [-0.39, 0.29) is 0 Å². The second kappa shape index (κ2) is 6.64. The summed E-state index contributed by atoms with van der Waals surface area (Å²) in [4.78, 5) is 0. The molecule has 14 heavy (non-hydrogen) atoms. The van der Waals surface area contributed by atoms with E-state index in [1.807, 2.05) is 0 Å². The first-order valence-electron chi connectivity index (χ1n) is 5.74. The Labute approximate surface area is 88.4 Å². The van der Waals surface area contributed by atoms with Crippen LogP contribution in [0.4, 0.5) is 0 Å². The fourth-order valence-corrected chi connectivity index (χ4v) is 1.73. The predicted octanol–water partition coefficient (Wildman–Crippen LogP) is 4.19. The molecule has 0 aliphatic rings. The molecule has 0 N–H and O–H groups in total. The number of hydrogen-bond acceptors (Lipinski definition) is 0. The zero-order valence-corrected chi connectivity index (χ0v) is 9.26. The molecule has 0 atom stereocenters. The SMILES string of the molecule is [CH2]CCCc1ccccc1CCCC. The Morgan fingerprint density at radius 1 is 1.00 bits per heavy atom. The summed E-state index contributed by atoms with van der Waals surface area (Å²) >= 11 is 0. The minimum atomic E-state index is 1.04. The van der Waals surface area contributed by atoms with Crippen molar-refractivity contribution in [3.8, 4) is 0 Å². The van der Waals surface area contributed by atoms with Crippen molar-refractivity contribution in [1.29, 1.82) is 0 Å². The Morgan fingerprint density at radius 2 is 1.57 bits per heavy atom. The molecule has 0 amide bonds. The molecule has 1 rings (SSSR count). The second-order valence-corrected chi connectivity index (χ2v) is 3.83. The fourth-order valence-electron chi connectivity index (χ4n) is 1.73. The van der Waals surface area contributed by atoms with Gasteiger partial charge in [0, 0.05) is 0 Å². The number of unbranched alkanes of at least 4 members (excludes halogenated alkanes) is 2. The van der Waals surface area contributed by atoms with Crippen molar-refractivity contribution in [2.24, 2.45) is 0 Å². The van der Waals surface area contributed by atoms with Gasteiger partial charge < -0.3 is 0 Å². The summed E-state index contributed by atoms with van der Waals surface area (Å²) in [6.45, 7) is 6.14. The maximum atomic E-state index is 3.89. The lowest BCUT2D eigenvalue weighted by Crippen LogP contribution is -1.94. The molecule has 0 fully saturated rings. The Morgan fingerprint density at radius 3 is 2.07 bits per heavy atom. The molecule has 77 valence electrons. The molecule has 1 aromatic rings. The van der Waals surface area contributed by atoms with Crippen LogP contribution >= 0.6 is 0 Å². The minimum Gasteiger partial charge on any atom is -0.0654 e. The second-order valence-electron chi connectivity index (χ2n) is 3.83. The molecule has 0 heterocycles. The molecule has 0 aliphatic heterocycles. The number of benzene rings is 1. The molecule has 1 aromatic carbocycles. The fraction of sp³-hybridized carbons (Fsp3) is 0.500. The maximum absolute atomic E-state index is 3.89. The molecule has 0 unspecified atom stereocenters. The Bertz CT molecular complexity index is 223. The van der Waals surface area contributed by atoms with Gasteiger partial charge in [0.05, 0.1) is 0 Å². The van der Waals surface area contributed by atoms with Crippen molar-refractivity contribution in [3.63, 3.8) is 0 Å². The predicted molar refractivity (Wildman–Crippen MR) is 63.3 cm³/mol. The average Bonchev–Trinajstić information content (AvgIpc) is 2.24. The van der Waals surface area contributed by atoms with E-state index >= 15 is 0 Å². The molecule has 0 saturated heterocycles. The van der Waals surface area contributed by atoms with Crippen LogP contribution < -0.4 is 0 Å². The van der Waals surface area contributed by atoms with Crippen molar-refractivity contribution in [1.82, 2.24) is 0 Å². The average molecular weight is 189 g/mol. The van der Waals surface area contributed by atoms with Crippen LogP contribution in [0.1, 0.15) is 43.7 Å². The third-order valence-corrected chi connectivity index (χ3v) is 2.61. The lowest BCUT2D eigenvalue weighted by molar-refractivity contribution is 0.771. The van der Waals surface area contributed by atoms with Crippen molar-refractivity contribution >= 4 is 0 Å². The molecular weight excluding hydrogens is 168 g/mol. The summed E-state index contributed by atoms with van der Waals surface area (Å²) in [6, 6.07) is 8.83. The van der Waals surface area contributed by atoms with Crippen LogP contribution in [0.5, 0.6) is 0 Å². The zero-order chi connectivity index (χ0) is 10.2. The summed E-state index contributed by atoms with van der Waals surface area (Å²) in [5, 5.41) is 0. The van der Waals surface area contributed by atoms with Crippen molar-refractivity contribution in [2.75, 3.05) is 0 Å². The van der Waals surface area contributed by atoms with Gasteiger partial charge in [-0.1, -0.05) is 51.0 Å². The molecule has 0 heteroatoms. The van der Waals surface area contributed by atoms with Gasteiger partial charge in [0.2, 0.25) is 0 Å². The molecule has 0 aliphatic carbocycles. The highest BCUT2D eigenvalue weighted by molar-refractivity contribution is 5.27. The van der Waals surface area contributed by atoms with Crippen LogP contribution in [0.15, 0.2) is 24.3 Å². The minimum absolute atomic E-state index is 1.04. The highest BCUT2D eigenvalue weighted by Crippen LogP contribution is 2.14. The van der Waals surface area contributed by atoms with Crippen LogP contribution in [0.2, 0.25) is 0 Å². The first-order valence-corrected chi connectivity index (χ1v) is 5.74.